The van der Waals surface area contributed by atoms with Gasteiger partial charge in [-0.3, -0.25) is 4.79 Å². The number of rotatable bonds is 4. The predicted molar refractivity (Wildman–Crippen MR) is 56.7 cm³/mol. The van der Waals surface area contributed by atoms with Crippen molar-refractivity contribution in [1.82, 2.24) is 0 Å². The van der Waals surface area contributed by atoms with Crippen LogP contribution in [0, 0.1) is 5.82 Å². The van der Waals surface area contributed by atoms with Gasteiger partial charge in [-0.1, -0.05) is 12.7 Å². The summed E-state index contributed by atoms with van der Waals surface area (Å²) in [6, 6.07) is 4.19. The molecule has 0 amide bonds. The third-order valence-electron chi connectivity index (χ3n) is 1.97. The molecule has 0 N–H and O–H groups in total. The van der Waals surface area contributed by atoms with Crippen molar-refractivity contribution >= 4 is 5.78 Å². The van der Waals surface area contributed by atoms with Crippen molar-refractivity contribution < 1.29 is 13.9 Å². The number of benzene rings is 1. The highest BCUT2D eigenvalue weighted by molar-refractivity contribution is 5.94. The average Bonchev–Trinajstić information content (AvgIpc) is 2.17. The summed E-state index contributed by atoms with van der Waals surface area (Å²) in [6.07, 6.45) is 1.42. The third kappa shape index (κ3) is 2.91. The van der Waals surface area contributed by atoms with E-state index in [9.17, 15) is 9.18 Å². The maximum Gasteiger partial charge on any atom is 0.162 e. The maximum atomic E-state index is 13.3. The number of carbonyl (C=O) groups excluding carboxylic acids is 1. The van der Waals surface area contributed by atoms with Crippen molar-refractivity contribution in [3.63, 3.8) is 0 Å². The van der Waals surface area contributed by atoms with Crippen LogP contribution in [0.3, 0.4) is 0 Å². The quantitative estimate of drug-likeness (QED) is 0.561. The minimum Gasteiger partial charge on any atom is -0.487 e. The maximum absolute atomic E-state index is 13.3. The molecule has 1 aromatic rings. The zero-order chi connectivity index (χ0) is 11.4. The molecule has 1 aromatic carbocycles. The Morgan fingerprint density at radius 1 is 1.60 bits per heavy atom. The molecule has 15 heavy (non-hydrogen) atoms. The molecule has 1 unspecified atom stereocenters. The largest absolute Gasteiger partial charge is 0.487 e. The van der Waals surface area contributed by atoms with Crippen molar-refractivity contribution in [3.05, 3.63) is 42.2 Å². The van der Waals surface area contributed by atoms with E-state index < -0.39 is 5.82 Å². The van der Waals surface area contributed by atoms with Crippen LogP contribution < -0.4 is 4.74 Å². The smallest absolute Gasteiger partial charge is 0.162 e. The number of ether oxygens (including phenoxy) is 1. The van der Waals surface area contributed by atoms with Gasteiger partial charge in [0.1, 0.15) is 17.7 Å². The Morgan fingerprint density at radius 3 is 2.73 bits per heavy atom. The van der Waals surface area contributed by atoms with Gasteiger partial charge in [-0.05, 0) is 26.0 Å². The molecule has 0 saturated heterocycles. The predicted octanol–water partition coefficient (Wildman–Crippen LogP) is 2.98. The first-order chi connectivity index (χ1) is 7.04. The molecule has 0 aliphatic carbocycles. The first kappa shape index (κ1) is 11.4. The minimum atomic E-state index is -0.559. The SMILES string of the molecule is C=CC(C)Oc1ccc(C(C)=O)c(F)c1. The highest BCUT2D eigenvalue weighted by Crippen LogP contribution is 2.18. The van der Waals surface area contributed by atoms with Crippen molar-refractivity contribution in [2.45, 2.75) is 20.0 Å². The molecule has 0 bridgehead atoms. The van der Waals surface area contributed by atoms with Crippen LogP contribution in [-0.4, -0.2) is 11.9 Å². The fraction of sp³-hybridized carbons (Fsp3) is 0.250. The second-order valence-electron chi connectivity index (χ2n) is 3.26. The van der Waals surface area contributed by atoms with Crippen molar-refractivity contribution in [2.75, 3.05) is 0 Å². The average molecular weight is 208 g/mol. The normalized spacial score (nSPS) is 11.9. The second-order valence-corrected chi connectivity index (χ2v) is 3.26. The molecule has 0 radical (unpaired) electrons. The number of Topliss-reactive ketones (excluding diaryl/α,β-unsaturated/α-hetero) is 1. The lowest BCUT2D eigenvalue weighted by Crippen LogP contribution is -2.08. The number of hydrogen-bond acceptors (Lipinski definition) is 2. The Bertz CT molecular complexity index is 385. The van der Waals surface area contributed by atoms with E-state index in [-0.39, 0.29) is 17.5 Å². The molecular weight excluding hydrogens is 195 g/mol. The fourth-order valence-corrected chi connectivity index (χ4v) is 1.12. The zero-order valence-corrected chi connectivity index (χ0v) is 8.79. The van der Waals surface area contributed by atoms with Gasteiger partial charge in [-0.25, -0.2) is 4.39 Å². The van der Waals surface area contributed by atoms with Crippen molar-refractivity contribution in [3.8, 4) is 5.75 Å². The molecule has 1 atom stereocenters. The van der Waals surface area contributed by atoms with Gasteiger partial charge >= 0.3 is 0 Å². The molecule has 1 rings (SSSR count). The van der Waals surface area contributed by atoms with E-state index in [0.717, 1.165) is 0 Å². The number of ketones is 1. The van der Waals surface area contributed by atoms with Crippen LogP contribution in [0.15, 0.2) is 30.9 Å². The molecule has 0 fully saturated rings. The minimum absolute atomic E-state index is 0.0774. The highest BCUT2D eigenvalue weighted by atomic mass is 19.1. The van der Waals surface area contributed by atoms with Gasteiger partial charge in [0.25, 0.3) is 0 Å². The van der Waals surface area contributed by atoms with Crippen LogP contribution in [-0.2, 0) is 0 Å². The van der Waals surface area contributed by atoms with Crippen molar-refractivity contribution in [1.29, 1.82) is 0 Å². The van der Waals surface area contributed by atoms with Crippen molar-refractivity contribution in [2.24, 2.45) is 0 Å². The number of halogens is 1. The third-order valence-corrected chi connectivity index (χ3v) is 1.97. The van der Waals surface area contributed by atoms with Crippen LogP contribution in [0.5, 0.6) is 5.75 Å². The Morgan fingerprint density at radius 2 is 2.27 bits per heavy atom. The van der Waals surface area contributed by atoms with Crippen LogP contribution in [0.4, 0.5) is 4.39 Å². The van der Waals surface area contributed by atoms with Crippen LogP contribution in [0.25, 0.3) is 0 Å². The van der Waals surface area contributed by atoms with E-state index in [0.29, 0.717) is 5.75 Å². The summed E-state index contributed by atoms with van der Waals surface area (Å²) in [7, 11) is 0. The van der Waals surface area contributed by atoms with E-state index in [1.165, 1.54) is 19.1 Å². The standard InChI is InChI=1S/C12H13FO2/c1-4-8(2)15-10-5-6-11(9(3)14)12(13)7-10/h4-8H,1H2,2-3H3. The lowest BCUT2D eigenvalue weighted by Gasteiger charge is -2.10. The zero-order valence-electron chi connectivity index (χ0n) is 8.79. The van der Waals surface area contributed by atoms with Crippen LogP contribution >= 0.6 is 0 Å². The first-order valence-electron chi connectivity index (χ1n) is 4.64. The molecule has 0 spiro atoms. The molecule has 80 valence electrons. The topological polar surface area (TPSA) is 26.3 Å². The molecule has 0 heterocycles. The van der Waals surface area contributed by atoms with Crippen LogP contribution in [0.1, 0.15) is 24.2 Å². The van der Waals surface area contributed by atoms with E-state index in [1.807, 2.05) is 0 Å². The molecule has 2 nitrogen and oxygen atoms in total. The van der Waals surface area contributed by atoms with E-state index in [2.05, 4.69) is 6.58 Å². The van der Waals surface area contributed by atoms with Gasteiger partial charge in [0.15, 0.2) is 5.78 Å². The Hall–Kier alpha value is -1.64. The van der Waals surface area contributed by atoms with E-state index in [4.69, 9.17) is 4.74 Å². The number of carbonyl (C=O) groups is 1. The summed E-state index contributed by atoms with van der Waals surface area (Å²) >= 11 is 0. The Kier molecular flexibility index (Phi) is 3.61. The lowest BCUT2D eigenvalue weighted by molar-refractivity contribution is 0.101. The number of hydrogen-bond donors (Lipinski definition) is 0. The summed E-state index contributed by atoms with van der Waals surface area (Å²) in [4.78, 5) is 11.0. The summed E-state index contributed by atoms with van der Waals surface area (Å²) < 4.78 is 18.6. The molecule has 0 aromatic heterocycles. The summed E-state index contributed by atoms with van der Waals surface area (Å²) in [5.41, 5.74) is 0.0774. The molecule has 0 aliphatic heterocycles. The van der Waals surface area contributed by atoms with Crippen LogP contribution in [0.2, 0.25) is 0 Å². The summed E-state index contributed by atoms with van der Waals surface area (Å²) in [6.45, 7) is 6.67. The molecule has 0 aliphatic rings. The van der Waals surface area contributed by atoms with Gasteiger partial charge in [0, 0.05) is 6.07 Å². The second kappa shape index (κ2) is 4.73. The summed E-state index contributed by atoms with van der Waals surface area (Å²) in [5, 5.41) is 0. The molecule has 3 heteroatoms. The Labute approximate surface area is 88.4 Å². The Balaban J connectivity index is 2.91. The van der Waals surface area contributed by atoms with E-state index >= 15 is 0 Å². The monoisotopic (exact) mass is 208 g/mol. The van der Waals surface area contributed by atoms with Gasteiger partial charge in [0.2, 0.25) is 0 Å². The fourth-order valence-electron chi connectivity index (χ4n) is 1.12. The van der Waals surface area contributed by atoms with Gasteiger partial charge < -0.3 is 4.74 Å². The highest BCUT2D eigenvalue weighted by Gasteiger charge is 2.08. The summed E-state index contributed by atoms with van der Waals surface area (Å²) in [5.74, 6) is -0.461. The van der Waals surface area contributed by atoms with Gasteiger partial charge in [0.05, 0.1) is 5.56 Å². The molecule has 0 saturated carbocycles. The van der Waals surface area contributed by atoms with Gasteiger partial charge in [-0.2, -0.15) is 0 Å². The van der Waals surface area contributed by atoms with Gasteiger partial charge in [-0.15, -0.1) is 0 Å². The van der Waals surface area contributed by atoms with E-state index in [1.54, 1.807) is 19.1 Å². The lowest BCUT2D eigenvalue weighted by atomic mass is 10.1. The molecular formula is C12H13FO2. The first-order valence-corrected chi connectivity index (χ1v) is 4.64.